The van der Waals surface area contributed by atoms with Crippen LogP contribution < -0.4 is 40.6 Å². The largest absolute Gasteiger partial charge is 1.00 e. The van der Waals surface area contributed by atoms with Crippen molar-refractivity contribution >= 4 is 27.4 Å². The normalized spacial score (nSPS) is 10.5. The molecule has 2 aromatic carbocycles. The van der Waals surface area contributed by atoms with Gasteiger partial charge in [0.2, 0.25) is 0 Å². The third-order valence-electron chi connectivity index (χ3n) is 2.55. The van der Waals surface area contributed by atoms with E-state index in [0.717, 1.165) is 12.1 Å². The van der Waals surface area contributed by atoms with Crippen LogP contribution in [0.15, 0.2) is 53.4 Å². The Labute approximate surface area is 144 Å². The molecule has 0 saturated carbocycles. The van der Waals surface area contributed by atoms with Gasteiger partial charge in [-0.15, -0.1) is 0 Å². The van der Waals surface area contributed by atoms with E-state index in [1.54, 1.807) is 18.2 Å². The Balaban J connectivity index is 0.00000220. The zero-order valence-corrected chi connectivity index (χ0v) is 14.1. The maximum absolute atomic E-state index is 11.9. The molecule has 2 rings (SSSR count). The molecule has 0 atom stereocenters. The first-order valence-corrected chi connectivity index (χ1v) is 7.00. The number of hydrogen-bond acceptors (Lipinski definition) is 5. The van der Waals surface area contributed by atoms with Crippen molar-refractivity contribution in [3.63, 3.8) is 0 Å². The first-order valence-electron chi connectivity index (χ1n) is 5.59. The van der Waals surface area contributed by atoms with Gasteiger partial charge in [0.05, 0.1) is 4.90 Å². The van der Waals surface area contributed by atoms with Gasteiger partial charge in [-0.1, -0.05) is 6.07 Å². The van der Waals surface area contributed by atoms with Gasteiger partial charge in [0.25, 0.3) is 5.91 Å². The zero-order chi connectivity index (χ0) is 14.8. The molecule has 0 saturated heterocycles. The van der Waals surface area contributed by atoms with Crippen LogP contribution >= 0.6 is 0 Å². The van der Waals surface area contributed by atoms with Gasteiger partial charge in [0.1, 0.15) is 10.1 Å². The molecule has 8 heteroatoms. The van der Waals surface area contributed by atoms with Crippen molar-refractivity contribution in [2.75, 3.05) is 11.1 Å². The fourth-order valence-corrected chi connectivity index (χ4v) is 2.06. The molecule has 104 valence electrons. The minimum absolute atomic E-state index is 0. The third kappa shape index (κ3) is 4.83. The molecule has 0 aliphatic rings. The van der Waals surface area contributed by atoms with Crippen LogP contribution in [0.25, 0.3) is 0 Å². The second kappa shape index (κ2) is 7.06. The van der Waals surface area contributed by atoms with E-state index >= 15 is 0 Å². The maximum atomic E-state index is 11.9. The molecule has 3 N–H and O–H groups in total. The molecule has 21 heavy (non-hydrogen) atoms. The molecule has 0 aliphatic heterocycles. The molecule has 0 aromatic heterocycles. The molecule has 0 radical (unpaired) electrons. The Morgan fingerprint density at radius 3 is 2.24 bits per heavy atom. The summed E-state index contributed by atoms with van der Waals surface area (Å²) in [5.74, 6) is -0.380. The van der Waals surface area contributed by atoms with Crippen molar-refractivity contribution in [1.82, 2.24) is 0 Å². The number of rotatable bonds is 3. The number of amides is 1. The van der Waals surface area contributed by atoms with E-state index in [4.69, 9.17) is 5.73 Å². The van der Waals surface area contributed by atoms with E-state index in [-0.39, 0.29) is 40.4 Å². The third-order valence-corrected chi connectivity index (χ3v) is 3.40. The van der Waals surface area contributed by atoms with E-state index in [1.165, 1.54) is 18.2 Å². The molecule has 2 aromatic rings. The summed E-state index contributed by atoms with van der Waals surface area (Å²) in [6, 6.07) is 11.4. The van der Waals surface area contributed by atoms with E-state index in [0.29, 0.717) is 16.9 Å². The number of benzene rings is 2. The summed E-state index contributed by atoms with van der Waals surface area (Å²) in [6.45, 7) is 0. The number of nitrogens with one attached hydrogen (secondary N) is 1. The van der Waals surface area contributed by atoms with Crippen molar-refractivity contribution in [1.29, 1.82) is 0 Å². The quantitative estimate of drug-likeness (QED) is 0.404. The minimum Gasteiger partial charge on any atom is -0.744 e. The van der Waals surface area contributed by atoms with Crippen LogP contribution in [0.4, 0.5) is 11.4 Å². The monoisotopic (exact) mass is 314 g/mol. The van der Waals surface area contributed by atoms with Gasteiger partial charge in [0.15, 0.2) is 0 Å². The van der Waals surface area contributed by atoms with Crippen LogP contribution in [-0.4, -0.2) is 18.9 Å². The summed E-state index contributed by atoms with van der Waals surface area (Å²) in [5.41, 5.74) is 6.80. The number of nitrogens with two attached hydrogens (primary N) is 1. The van der Waals surface area contributed by atoms with Gasteiger partial charge in [-0.2, -0.15) is 0 Å². The number of nitrogen functional groups attached to an aromatic ring is 1. The van der Waals surface area contributed by atoms with Gasteiger partial charge < -0.3 is 15.6 Å². The minimum atomic E-state index is -4.49. The van der Waals surface area contributed by atoms with Gasteiger partial charge in [-0.05, 0) is 42.5 Å². The van der Waals surface area contributed by atoms with E-state index in [2.05, 4.69) is 5.32 Å². The van der Waals surface area contributed by atoms with Crippen molar-refractivity contribution in [3.8, 4) is 0 Å². The summed E-state index contributed by atoms with van der Waals surface area (Å²) in [5, 5.41) is 2.57. The molecule has 0 unspecified atom stereocenters. The number of carbonyl (C=O) groups excluding carboxylic acids is 1. The SMILES string of the molecule is Nc1cccc(C(=O)Nc2ccc(S(=O)(=O)[O-])cc2)c1.[Na+]. The summed E-state index contributed by atoms with van der Waals surface area (Å²) in [7, 11) is -4.49. The zero-order valence-electron chi connectivity index (χ0n) is 11.2. The molecule has 0 spiro atoms. The molecular weight excluding hydrogens is 303 g/mol. The summed E-state index contributed by atoms with van der Waals surface area (Å²) >= 11 is 0. The first kappa shape index (κ1) is 17.7. The standard InChI is InChI=1S/C13H12N2O4S.Na/c14-10-3-1-2-9(8-10)13(16)15-11-4-6-12(7-5-11)20(17,18)19;/h1-8H,14H2,(H,15,16)(H,17,18,19);/q;+1/p-1. The topological polar surface area (TPSA) is 112 Å². The van der Waals surface area contributed by atoms with Crippen molar-refractivity contribution in [2.45, 2.75) is 4.90 Å². The van der Waals surface area contributed by atoms with Gasteiger partial charge in [-0.25, -0.2) is 8.42 Å². The second-order valence-electron chi connectivity index (χ2n) is 4.06. The molecule has 0 bridgehead atoms. The van der Waals surface area contributed by atoms with Crippen LogP contribution in [0, 0.1) is 0 Å². The van der Waals surface area contributed by atoms with Crippen molar-refractivity contribution < 1.29 is 47.3 Å². The van der Waals surface area contributed by atoms with E-state index in [1.807, 2.05) is 0 Å². The number of hydrogen-bond donors (Lipinski definition) is 2. The van der Waals surface area contributed by atoms with Crippen LogP contribution in [0.3, 0.4) is 0 Å². The average Bonchev–Trinajstić information content (AvgIpc) is 2.38. The average molecular weight is 314 g/mol. The van der Waals surface area contributed by atoms with Crippen LogP contribution in [0.2, 0.25) is 0 Å². The Bertz CT molecular complexity index is 745. The molecule has 0 fully saturated rings. The predicted octanol–water partition coefficient (Wildman–Crippen LogP) is -1.57. The molecule has 6 nitrogen and oxygen atoms in total. The van der Waals surface area contributed by atoms with Crippen molar-refractivity contribution in [2.24, 2.45) is 0 Å². The smallest absolute Gasteiger partial charge is 0.744 e. The Hall–Kier alpha value is -1.38. The Morgan fingerprint density at radius 1 is 1.10 bits per heavy atom. The Morgan fingerprint density at radius 2 is 1.71 bits per heavy atom. The predicted molar refractivity (Wildman–Crippen MR) is 73.2 cm³/mol. The van der Waals surface area contributed by atoms with E-state index in [9.17, 15) is 17.8 Å². The Kier molecular flexibility index (Phi) is 5.94. The summed E-state index contributed by atoms with van der Waals surface area (Å²) in [4.78, 5) is 11.6. The molecule has 0 aliphatic carbocycles. The van der Waals surface area contributed by atoms with E-state index < -0.39 is 10.1 Å². The fourth-order valence-electron chi connectivity index (χ4n) is 1.59. The summed E-state index contributed by atoms with van der Waals surface area (Å²) in [6.07, 6.45) is 0. The first-order chi connectivity index (χ1) is 9.36. The van der Waals surface area contributed by atoms with Crippen LogP contribution in [-0.2, 0) is 10.1 Å². The molecule has 1 amide bonds. The van der Waals surface area contributed by atoms with Crippen LogP contribution in [0.1, 0.15) is 10.4 Å². The fraction of sp³-hybridized carbons (Fsp3) is 0. The van der Waals surface area contributed by atoms with Gasteiger partial charge in [-0.3, -0.25) is 4.79 Å². The number of carbonyl (C=O) groups is 1. The number of anilines is 2. The molecule has 0 heterocycles. The van der Waals surface area contributed by atoms with Crippen LogP contribution in [0.5, 0.6) is 0 Å². The van der Waals surface area contributed by atoms with Gasteiger partial charge in [0, 0.05) is 16.9 Å². The molecular formula is C13H11N2NaO4S. The maximum Gasteiger partial charge on any atom is 1.00 e. The summed E-state index contributed by atoms with van der Waals surface area (Å²) < 4.78 is 32.3. The van der Waals surface area contributed by atoms with Gasteiger partial charge >= 0.3 is 29.6 Å². The van der Waals surface area contributed by atoms with Crippen molar-refractivity contribution in [3.05, 3.63) is 54.1 Å². The second-order valence-corrected chi connectivity index (χ2v) is 5.44.